The lowest BCUT2D eigenvalue weighted by atomic mass is 10.1. The van der Waals surface area contributed by atoms with Crippen molar-refractivity contribution in [3.05, 3.63) is 111 Å². The van der Waals surface area contributed by atoms with Crippen LogP contribution in [0.5, 0.6) is 0 Å². The number of nitrogens with one attached hydrogen (secondary N) is 1. The first-order chi connectivity index (χ1) is 17.0. The van der Waals surface area contributed by atoms with Crippen molar-refractivity contribution in [2.75, 3.05) is 6.54 Å². The second kappa shape index (κ2) is 9.91. The molecule has 4 aromatic rings. The van der Waals surface area contributed by atoms with Gasteiger partial charge in [0.15, 0.2) is 0 Å². The second-order valence-electron chi connectivity index (χ2n) is 8.72. The fraction of sp³-hybridized carbons (Fsp3) is 0.222. The Morgan fingerprint density at radius 2 is 1.58 bits per heavy atom. The van der Waals surface area contributed by atoms with E-state index in [9.17, 15) is 26.4 Å². The molecular weight excluding hydrogens is 489 g/mol. The number of halogens is 3. The Bertz CT molecular complexity index is 1580. The third kappa shape index (κ3) is 5.37. The summed E-state index contributed by atoms with van der Waals surface area (Å²) in [5.41, 5.74) is 1.75. The molecule has 0 saturated heterocycles. The molecule has 0 bridgehead atoms. The van der Waals surface area contributed by atoms with Gasteiger partial charge in [-0.3, -0.25) is 4.79 Å². The summed E-state index contributed by atoms with van der Waals surface area (Å²) >= 11 is 0. The van der Waals surface area contributed by atoms with E-state index in [0.717, 1.165) is 39.2 Å². The molecule has 0 fully saturated rings. The van der Waals surface area contributed by atoms with Crippen molar-refractivity contribution < 1.29 is 21.6 Å². The summed E-state index contributed by atoms with van der Waals surface area (Å²) in [7, 11) is -4.61. The third-order valence-electron chi connectivity index (χ3n) is 6.13. The van der Waals surface area contributed by atoms with Crippen LogP contribution in [-0.4, -0.2) is 24.3 Å². The van der Waals surface area contributed by atoms with E-state index < -0.39 is 32.2 Å². The van der Waals surface area contributed by atoms with E-state index in [0.29, 0.717) is 10.9 Å². The lowest BCUT2D eigenvalue weighted by molar-refractivity contribution is -0.139. The standard InChI is InChI=1S/C27H25F3N2O3S/c1-18-11-12-24-21(15-18)16-22(26(33)31-24)17-32(14-13-20-8-4-3-7-19(20)2)36(34,35)25-10-6-5-9-23(25)27(28,29)30/h3-12,15-16H,13-14,17H2,1-2H3,(H,31,33). The van der Waals surface area contributed by atoms with Gasteiger partial charge < -0.3 is 4.98 Å². The molecule has 9 heteroatoms. The highest BCUT2D eigenvalue weighted by Crippen LogP contribution is 2.35. The second-order valence-corrected chi connectivity index (χ2v) is 10.6. The number of hydrogen-bond donors (Lipinski definition) is 1. The first-order valence-corrected chi connectivity index (χ1v) is 12.7. The first kappa shape index (κ1) is 25.7. The molecule has 0 aliphatic heterocycles. The molecule has 1 heterocycles. The quantitative estimate of drug-likeness (QED) is 0.349. The number of alkyl halides is 3. The molecule has 36 heavy (non-hydrogen) atoms. The molecule has 0 spiro atoms. The summed E-state index contributed by atoms with van der Waals surface area (Å²) in [6, 6.07) is 18.5. The number of aromatic nitrogens is 1. The predicted octanol–water partition coefficient (Wildman–Crippen LogP) is 5.60. The topological polar surface area (TPSA) is 70.2 Å². The maximum atomic E-state index is 13.7. The summed E-state index contributed by atoms with van der Waals surface area (Å²) in [5.74, 6) is 0. The van der Waals surface area contributed by atoms with Crippen LogP contribution in [0.1, 0.15) is 27.8 Å². The minimum atomic E-state index is -4.86. The van der Waals surface area contributed by atoms with E-state index in [1.165, 1.54) is 6.07 Å². The van der Waals surface area contributed by atoms with Gasteiger partial charge in [0, 0.05) is 24.2 Å². The molecule has 0 saturated carbocycles. The Kier molecular flexibility index (Phi) is 7.06. The summed E-state index contributed by atoms with van der Waals surface area (Å²) in [4.78, 5) is 14.7. The molecule has 0 amide bonds. The van der Waals surface area contributed by atoms with Crippen molar-refractivity contribution >= 4 is 20.9 Å². The van der Waals surface area contributed by atoms with Crippen LogP contribution in [0.15, 0.2) is 82.5 Å². The van der Waals surface area contributed by atoms with Crippen molar-refractivity contribution in [1.82, 2.24) is 9.29 Å². The van der Waals surface area contributed by atoms with E-state index in [-0.39, 0.29) is 25.1 Å². The fourth-order valence-electron chi connectivity index (χ4n) is 4.16. The molecule has 0 radical (unpaired) electrons. The number of rotatable bonds is 7. The van der Waals surface area contributed by atoms with Gasteiger partial charge in [-0.1, -0.05) is 48.0 Å². The number of H-pyrrole nitrogens is 1. The molecule has 0 aliphatic rings. The molecule has 0 atom stereocenters. The Morgan fingerprint density at radius 1 is 0.889 bits per heavy atom. The highest BCUT2D eigenvalue weighted by atomic mass is 32.2. The highest BCUT2D eigenvalue weighted by Gasteiger charge is 2.39. The zero-order chi connectivity index (χ0) is 26.1. The van der Waals surface area contributed by atoms with Gasteiger partial charge in [-0.15, -0.1) is 0 Å². The molecule has 1 N–H and O–H groups in total. The number of aromatic amines is 1. The van der Waals surface area contributed by atoms with E-state index in [1.807, 2.05) is 50.2 Å². The van der Waals surface area contributed by atoms with Crippen LogP contribution in [0.2, 0.25) is 0 Å². The monoisotopic (exact) mass is 514 g/mol. The maximum Gasteiger partial charge on any atom is 0.417 e. The smallest absolute Gasteiger partial charge is 0.322 e. The molecule has 4 rings (SSSR count). The Balaban J connectivity index is 1.80. The van der Waals surface area contributed by atoms with Crippen LogP contribution < -0.4 is 5.56 Å². The van der Waals surface area contributed by atoms with Gasteiger partial charge in [-0.2, -0.15) is 17.5 Å². The van der Waals surface area contributed by atoms with Crippen LogP contribution in [0, 0.1) is 13.8 Å². The van der Waals surface area contributed by atoms with Gasteiger partial charge in [0.25, 0.3) is 5.56 Å². The van der Waals surface area contributed by atoms with Crippen molar-refractivity contribution in [3.8, 4) is 0 Å². The molecule has 0 aliphatic carbocycles. The molecule has 3 aromatic carbocycles. The largest absolute Gasteiger partial charge is 0.417 e. The van der Waals surface area contributed by atoms with E-state index in [1.54, 1.807) is 12.1 Å². The number of pyridine rings is 1. The number of hydrogen-bond acceptors (Lipinski definition) is 3. The van der Waals surface area contributed by atoms with Gasteiger partial charge in [-0.05, 0) is 67.1 Å². The van der Waals surface area contributed by atoms with Crippen molar-refractivity contribution in [2.24, 2.45) is 0 Å². The third-order valence-corrected chi connectivity index (χ3v) is 8.03. The van der Waals surface area contributed by atoms with Crippen LogP contribution >= 0.6 is 0 Å². The van der Waals surface area contributed by atoms with Gasteiger partial charge in [0.2, 0.25) is 10.0 Å². The molecular formula is C27H25F3N2O3S. The average molecular weight is 515 g/mol. The summed E-state index contributed by atoms with van der Waals surface area (Å²) < 4.78 is 69.4. The average Bonchev–Trinajstić information content (AvgIpc) is 2.82. The Hall–Kier alpha value is -3.43. The number of nitrogens with zero attached hydrogens (tertiary/aromatic N) is 1. The van der Waals surface area contributed by atoms with Crippen LogP contribution in [0.3, 0.4) is 0 Å². The summed E-state index contributed by atoms with van der Waals surface area (Å²) in [6.07, 6.45) is -4.59. The molecule has 5 nitrogen and oxygen atoms in total. The summed E-state index contributed by atoms with van der Waals surface area (Å²) in [6.45, 7) is 3.28. The molecule has 1 aromatic heterocycles. The Labute approximate surface area is 207 Å². The van der Waals surface area contributed by atoms with Crippen molar-refractivity contribution in [2.45, 2.75) is 37.9 Å². The molecule has 0 unspecified atom stereocenters. The van der Waals surface area contributed by atoms with Gasteiger partial charge >= 0.3 is 6.18 Å². The lowest BCUT2D eigenvalue weighted by Gasteiger charge is -2.24. The van der Waals surface area contributed by atoms with Crippen molar-refractivity contribution in [1.29, 1.82) is 0 Å². The maximum absolute atomic E-state index is 13.7. The zero-order valence-corrected chi connectivity index (χ0v) is 20.6. The zero-order valence-electron chi connectivity index (χ0n) is 19.8. The normalized spacial score (nSPS) is 12.4. The minimum absolute atomic E-state index is 0.106. The van der Waals surface area contributed by atoms with E-state index in [2.05, 4.69) is 4.98 Å². The summed E-state index contributed by atoms with van der Waals surface area (Å²) in [5, 5.41) is 0.705. The number of fused-ring (bicyclic) bond motifs is 1. The molecule has 188 valence electrons. The van der Waals surface area contributed by atoms with E-state index >= 15 is 0 Å². The minimum Gasteiger partial charge on any atom is -0.322 e. The van der Waals surface area contributed by atoms with Gasteiger partial charge in [-0.25, -0.2) is 8.42 Å². The van der Waals surface area contributed by atoms with Crippen LogP contribution in [0.25, 0.3) is 10.9 Å². The van der Waals surface area contributed by atoms with Gasteiger partial charge in [0.05, 0.1) is 10.5 Å². The van der Waals surface area contributed by atoms with Crippen LogP contribution in [-0.2, 0) is 29.2 Å². The first-order valence-electron chi connectivity index (χ1n) is 11.3. The number of sulfonamides is 1. The number of benzene rings is 3. The fourth-order valence-corrected chi connectivity index (χ4v) is 5.79. The lowest BCUT2D eigenvalue weighted by Crippen LogP contribution is -2.35. The Morgan fingerprint density at radius 3 is 2.31 bits per heavy atom. The van der Waals surface area contributed by atoms with Crippen molar-refractivity contribution in [3.63, 3.8) is 0 Å². The van der Waals surface area contributed by atoms with Crippen LogP contribution in [0.4, 0.5) is 13.2 Å². The SMILES string of the molecule is Cc1ccc2[nH]c(=O)c(CN(CCc3ccccc3C)S(=O)(=O)c3ccccc3C(F)(F)F)cc2c1. The predicted molar refractivity (Wildman–Crippen MR) is 133 cm³/mol. The van der Waals surface area contributed by atoms with Gasteiger partial charge in [0.1, 0.15) is 0 Å². The van der Waals surface area contributed by atoms with E-state index in [4.69, 9.17) is 0 Å². The number of aryl methyl sites for hydroxylation is 2. The highest BCUT2D eigenvalue weighted by molar-refractivity contribution is 7.89.